The molecule has 0 unspecified atom stereocenters. The van der Waals surface area contributed by atoms with Gasteiger partial charge >= 0.3 is 0 Å². The number of aliphatic imine (C=N–C) groups is 1. The fourth-order valence-electron chi connectivity index (χ4n) is 1.23. The van der Waals surface area contributed by atoms with Gasteiger partial charge in [-0.25, -0.2) is 8.78 Å². The minimum absolute atomic E-state index is 0.594. The fraction of sp³-hybridized carbons (Fsp3) is 0.222. The topological polar surface area (TPSA) is 24.4 Å². The van der Waals surface area contributed by atoms with Gasteiger partial charge in [0.25, 0.3) is 0 Å². The first kappa shape index (κ1) is 8.16. The normalized spacial score (nSPS) is 15.4. The van der Waals surface area contributed by atoms with E-state index in [4.69, 9.17) is 0 Å². The van der Waals surface area contributed by atoms with E-state index in [1.54, 1.807) is 0 Å². The number of amidine groups is 1. The van der Waals surface area contributed by atoms with Crippen LogP contribution in [0.5, 0.6) is 0 Å². The van der Waals surface area contributed by atoms with Crippen LogP contribution in [0.4, 0.5) is 8.78 Å². The van der Waals surface area contributed by atoms with Gasteiger partial charge in [0.05, 0.1) is 6.54 Å². The smallest absolute Gasteiger partial charge is 0.159 e. The number of hydrogen-bond donors (Lipinski definition) is 1. The highest BCUT2D eigenvalue weighted by molar-refractivity contribution is 5.99. The molecule has 2 rings (SSSR count). The third kappa shape index (κ3) is 1.52. The number of halogens is 2. The minimum atomic E-state index is -0.839. The number of benzene rings is 1. The second-order valence-electron chi connectivity index (χ2n) is 2.79. The number of hydrogen-bond acceptors (Lipinski definition) is 2. The molecule has 0 radical (unpaired) electrons. The lowest BCUT2D eigenvalue weighted by Gasteiger charge is -2.01. The number of nitrogens with one attached hydrogen (secondary N) is 1. The highest BCUT2D eigenvalue weighted by Crippen LogP contribution is 2.09. The van der Waals surface area contributed by atoms with Crippen LogP contribution in [0.2, 0.25) is 0 Å². The van der Waals surface area contributed by atoms with Crippen molar-refractivity contribution >= 4 is 5.84 Å². The summed E-state index contributed by atoms with van der Waals surface area (Å²) in [4.78, 5) is 4.09. The van der Waals surface area contributed by atoms with Crippen LogP contribution in [0, 0.1) is 11.6 Å². The molecular weight excluding hydrogens is 174 g/mol. The van der Waals surface area contributed by atoms with Crippen LogP contribution in [0.3, 0.4) is 0 Å². The maximum Gasteiger partial charge on any atom is 0.159 e. The van der Waals surface area contributed by atoms with Gasteiger partial charge in [0.1, 0.15) is 5.84 Å². The van der Waals surface area contributed by atoms with Crippen molar-refractivity contribution in [1.29, 1.82) is 0 Å². The molecule has 0 spiro atoms. The molecule has 0 saturated heterocycles. The third-order valence-corrected chi connectivity index (χ3v) is 1.87. The average Bonchev–Trinajstić information content (AvgIpc) is 2.62. The summed E-state index contributed by atoms with van der Waals surface area (Å²) in [6.07, 6.45) is 0. The Kier molecular flexibility index (Phi) is 1.96. The molecule has 1 heterocycles. The van der Waals surface area contributed by atoms with Crippen LogP contribution in [-0.4, -0.2) is 18.9 Å². The molecular formula is C9H8F2N2. The van der Waals surface area contributed by atoms with Gasteiger partial charge in [-0.2, -0.15) is 0 Å². The van der Waals surface area contributed by atoms with Crippen molar-refractivity contribution < 1.29 is 8.78 Å². The van der Waals surface area contributed by atoms with Gasteiger partial charge in [-0.3, -0.25) is 4.99 Å². The van der Waals surface area contributed by atoms with Crippen molar-refractivity contribution in [2.75, 3.05) is 13.1 Å². The van der Waals surface area contributed by atoms with Gasteiger partial charge in [0, 0.05) is 12.1 Å². The van der Waals surface area contributed by atoms with Gasteiger partial charge in [-0.1, -0.05) is 0 Å². The van der Waals surface area contributed by atoms with E-state index in [-0.39, 0.29) is 0 Å². The molecule has 0 aromatic heterocycles. The molecule has 1 N–H and O–H groups in total. The average molecular weight is 182 g/mol. The second-order valence-corrected chi connectivity index (χ2v) is 2.79. The third-order valence-electron chi connectivity index (χ3n) is 1.87. The molecule has 0 amide bonds. The number of rotatable bonds is 1. The summed E-state index contributed by atoms with van der Waals surface area (Å²) in [6.45, 7) is 1.45. The molecule has 68 valence electrons. The second kappa shape index (κ2) is 3.12. The standard InChI is InChI=1S/C9H8F2N2/c10-7-2-1-6(5-8(7)11)9-12-3-4-13-9/h1-2,5H,3-4H2,(H,12,13). The predicted molar refractivity (Wildman–Crippen MR) is 45.8 cm³/mol. The molecule has 1 aromatic carbocycles. The lowest BCUT2D eigenvalue weighted by atomic mass is 10.2. The monoisotopic (exact) mass is 182 g/mol. The molecule has 1 aliphatic rings. The van der Waals surface area contributed by atoms with Crippen molar-refractivity contribution in [3.05, 3.63) is 35.4 Å². The predicted octanol–water partition coefficient (Wildman–Crippen LogP) is 1.31. The Morgan fingerprint density at radius 3 is 2.69 bits per heavy atom. The summed E-state index contributed by atoms with van der Waals surface area (Å²) in [5, 5.41) is 2.98. The first-order chi connectivity index (χ1) is 6.27. The molecule has 1 aliphatic heterocycles. The van der Waals surface area contributed by atoms with Crippen molar-refractivity contribution in [3.8, 4) is 0 Å². The summed E-state index contributed by atoms with van der Waals surface area (Å²) in [6, 6.07) is 3.76. The van der Waals surface area contributed by atoms with Crippen molar-refractivity contribution in [3.63, 3.8) is 0 Å². The highest BCUT2D eigenvalue weighted by Gasteiger charge is 2.10. The molecule has 1 aromatic rings. The molecule has 0 atom stereocenters. The van der Waals surface area contributed by atoms with Gasteiger partial charge in [-0.05, 0) is 18.2 Å². The van der Waals surface area contributed by atoms with Crippen molar-refractivity contribution in [1.82, 2.24) is 5.32 Å². The van der Waals surface area contributed by atoms with E-state index in [0.717, 1.165) is 18.7 Å². The maximum absolute atomic E-state index is 12.8. The van der Waals surface area contributed by atoms with E-state index in [1.165, 1.54) is 6.07 Å². The Bertz CT molecular complexity index is 361. The van der Waals surface area contributed by atoms with Crippen molar-refractivity contribution in [2.24, 2.45) is 4.99 Å². The van der Waals surface area contributed by atoms with Crippen LogP contribution in [0.15, 0.2) is 23.2 Å². The zero-order valence-corrected chi connectivity index (χ0v) is 6.85. The maximum atomic E-state index is 12.8. The summed E-state index contributed by atoms with van der Waals surface area (Å²) in [5.41, 5.74) is 0.594. The van der Waals surface area contributed by atoms with E-state index in [0.29, 0.717) is 17.9 Å². The highest BCUT2D eigenvalue weighted by atomic mass is 19.2. The quantitative estimate of drug-likeness (QED) is 0.695. The molecule has 13 heavy (non-hydrogen) atoms. The molecule has 0 aliphatic carbocycles. The minimum Gasteiger partial charge on any atom is -0.368 e. The number of nitrogens with zero attached hydrogens (tertiary/aromatic N) is 1. The summed E-state index contributed by atoms with van der Waals surface area (Å²) in [5.74, 6) is -1.03. The SMILES string of the molecule is Fc1ccc(C2=NCCN2)cc1F. The van der Waals surface area contributed by atoms with E-state index in [9.17, 15) is 8.78 Å². The van der Waals surface area contributed by atoms with Gasteiger partial charge in [0.15, 0.2) is 11.6 Å². The Morgan fingerprint density at radius 2 is 2.08 bits per heavy atom. The molecule has 0 fully saturated rings. The van der Waals surface area contributed by atoms with E-state index < -0.39 is 11.6 Å². The summed E-state index contributed by atoms with van der Waals surface area (Å²) >= 11 is 0. The van der Waals surface area contributed by atoms with Crippen molar-refractivity contribution in [2.45, 2.75) is 0 Å². The van der Waals surface area contributed by atoms with Gasteiger partial charge in [-0.15, -0.1) is 0 Å². The lowest BCUT2D eigenvalue weighted by Crippen LogP contribution is -2.19. The summed E-state index contributed by atoms with van der Waals surface area (Å²) < 4.78 is 25.3. The zero-order chi connectivity index (χ0) is 9.26. The van der Waals surface area contributed by atoms with E-state index >= 15 is 0 Å². The van der Waals surface area contributed by atoms with Crippen LogP contribution < -0.4 is 5.32 Å². The Hall–Kier alpha value is -1.45. The molecule has 2 nitrogen and oxygen atoms in total. The van der Waals surface area contributed by atoms with Gasteiger partial charge in [0.2, 0.25) is 0 Å². The van der Waals surface area contributed by atoms with Crippen LogP contribution in [-0.2, 0) is 0 Å². The van der Waals surface area contributed by atoms with E-state index in [1.807, 2.05) is 0 Å². The van der Waals surface area contributed by atoms with E-state index in [2.05, 4.69) is 10.3 Å². The first-order valence-corrected chi connectivity index (χ1v) is 4.01. The molecule has 0 saturated carbocycles. The fourth-order valence-corrected chi connectivity index (χ4v) is 1.23. The zero-order valence-electron chi connectivity index (χ0n) is 6.85. The van der Waals surface area contributed by atoms with Crippen LogP contribution in [0.25, 0.3) is 0 Å². The molecule has 4 heteroatoms. The Morgan fingerprint density at radius 1 is 1.23 bits per heavy atom. The molecule has 0 bridgehead atoms. The lowest BCUT2D eigenvalue weighted by molar-refractivity contribution is 0.508. The first-order valence-electron chi connectivity index (χ1n) is 4.01. The van der Waals surface area contributed by atoms with Crippen LogP contribution >= 0.6 is 0 Å². The summed E-state index contributed by atoms with van der Waals surface area (Å²) in [7, 11) is 0. The van der Waals surface area contributed by atoms with Crippen LogP contribution in [0.1, 0.15) is 5.56 Å². The largest absolute Gasteiger partial charge is 0.368 e. The Balaban J connectivity index is 2.36. The Labute approximate surface area is 74.3 Å². The van der Waals surface area contributed by atoms with Gasteiger partial charge < -0.3 is 5.32 Å².